The lowest BCUT2D eigenvalue weighted by Crippen LogP contribution is -2.42. The Morgan fingerprint density at radius 2 is 2.32 bits per heavy atom. The van der Waals surface area contributed by atoms with Gasteiger partial charge in [0, 0.05) is 49.6 Å². The van der Waals surface area contributed by atoms with Gasteiger partial charge in [-0.1, -0.05) is 6.92 Å². The number of hydrogen-bond acceptors (Lipinski definition) is 5. The number of rotatable bonds is 6. The predicted molar refractivity (Wildman–Crippen MR) is 97.1 cm³/mol. The summed E-state index contributed by atoms with van der Waals surface area (Å²) in [5.74, 6) is 0.860. The van der Waals surface area contributed by atoms with Crippen molar-refractivity contribution in [1.29, 1.82) is 0 Å². The highest BCUT2D eigenvalue weighted by molar-refractivity contribution is 7.89. The average Bonchev–Trinajstić information content (AvgIpc) is 3.21. The second-order valence-electron chi connectivity index (χ2n) is 7.74. The van der Waals surface area contributed by atoms with Crippen molar-refractivity contribution >= 4 is 15.7 Å². The Kier molecular flexibility index (Phi) is 4.29. The topological polar surface area (TPSA) is 71.5 Å². The molecule has 6 nitrogen and oxygen atoms in total. The van der Waals surface area contributed by atoms with E-state index in [-0.39, 0.29) is 23.4 Å². The van der Waals surface area contributed by atoms with Crippen molar-refractivity contribution in [2.75, 3.05) is 30.3 Å². The van der Waals surface area contributed by atoms with E-state index in [1.54, 1.807) is 0 Å². The molecule has 1 spiro atoms. The molecule has 138 valence electrons. The quantitative estimate of drug-likeness (QED) is 0.831. The maximum atomic E-state index is 12.0. The van der Waals surface area contributed by atoms with Crippen molar-refractivity contribution in [2.24, 2.45) is 11.8 Å². The number of ether oxygens (including phenoxy) is 1. The van der Waals surface area contributed by atoms with Gasteiger partial charge in [0.25, 0.3) is 0 Å². The van der Waals surface area contributed by atoms with E-state index < -0.39 is 10.0 Å². The van der Waals surface area contributed by atoms with Crippen LogP contribution >= 0.6 is 0 Å². The maximum Gasteiger partial charge on any atom is 0.211 e. The molecule has 1 aromatic heterocycles. The van der Waals surface area contributed by atoms with Crippen LogP contribution in [0, 0.1) is 18.8 Å². The van der Waals surface area contributed by atoms with Gasteiger partial charge in [0.2, 0.25) is 10.0 Å². The number of aromatic nitrogens is 1. The van der Waals surface area contributed by atoms with Crippen LogP contribution in [0.3, 0.4) is 0 Å². The summed E-state index contributed by atoms with van der Waals surface area (Å²) in [6.07, 6.45) is 6.71. The van der Waals surface area contributed by atoms with Crippen molar-refractivity contribution in [3.63, 3.8) is 0 Å². The fourth-order valence-corrected chi connectivity index (χ4v) is 6.16. The van der Waals surface area contributed by atoms with Crippen LogP contribution in [-0.4, -0.2) is 50.5 Å². The van der Waals surface area contributed by atoms with Gasteiger partial charge < -0.3 is 9.64 Å². The molecule has 0 radical (unpaired) electrons. The van der Waals surface area contributed by atoms with E-state index in [1.807, 2.05) is 19.3 Å². The first-order chi connectivity index (χ1) is 11.9. The zero-order valence-electron chi connectivity index (χ0n) is 14.9. The summed E-state index contributed by atoms with van der Waals surface area (Å²) in [6, 6.07) is 2.07. The number of fused-ring (bicyclic) bond motifs is 1. The van der Waals surface area contributed by atoms with Crippen molar-refractivity contribution in [3.8, 4) is 0 Å². The van der Waals surface area contributed by atoms with Gasteiger partial charge in [0.15, 0.2) is 0 Å². The van der Waals surface area contributed by atoms with Crippen molar-refractivity contribution in [2.45, 2.75) is 44.8 Å². The van der Waals surface area contributed by atoms with Crippen LogP contribution in [0.4, 0.5) is 5.69 Å². The van der Waals surface area contributed by atoms with Crippen molar-refractivity contribution in [1.82, 2.24) is 9.71 Å². The van der Waals surface area contributed by atoms with Crippen molar-refractivity contribution in [3.05, 3.63) is 24.0 Å². The lowest BCUT2D eigenvalue weighted by atomic mass is 9.74. The SMILES string of the molecule is CCCS(=O)(=O)NC[C@H]1[C@H]2CN(c3ccncc3C)C[C@]23CC[C@H]1O3. The number of sulfonamides is 1. The zero-order chi connectivity index (χ0) is 17.7. The van der Waals surface area contributed by atoms with Crippen LogP contribution in [0.2, 0.25) is 0 Å². The molecule has 4 heterocycles. The van der Waals surface area contributed by atoms with Crippen molar-refractivity contribution < 1.29 is 13.2 Å². The highest BCUT2D eigenvalue weighted by atomic mass is 32.2. The Morgan fingerprint density at radius 3 is 3.08 bits per heavy atom. The molecule has 0 amide bonds. The third-order valence-corrected chi connectivity index (χ3v) is 7.68. The Labute approximate surface area is 150 Å². The summed E-state index contributed by atoms with van der Waals surface area (Å²) < 4.78 is 33.3. The smallest absolute Gasteiger partial charge is 0.211 e. The molecule has 1 aromatic rings. The molecule has 0 saturated carbocycles. The summed E-state index contributed by atoms with van der Waals surface area (Å²) in [6.45, 7) is 6.31. The molecular weight excluding hydrogens is 338 g/mol. The van der Waals surface area contributed by atoms with Crippen LogP contribution in [0.5, 0.6) is 0 Å². The van der Waals surface area contributed by atoms with Gasteiger partial charge in [0.1, 0.15) is 0 Å². The molecule has 25 heavy (non-hydrogen) atoms. The Balaban J connectivity index is 1.51. The summed E-state index contributed by atoms with van der Waals surface area (Å²) in [4.78, 5) is 6.59. The number of pyridine rings is 1. The van der Waals surface area contributed by atoms with Crippen LogP contribution < -0.4 is 9.62 Å². The molecule has 2 bridgehead atoms. The van der Waals surface area contributed by atoms with Gasteiger partial charge in [-0.15, -0.1) is 0 Å². The van der Waals surface area contributed by atoms with E-state index in [2.05, 4.69) is 27.6 Å². The van der Waals surface area contributed by atoms with Gasteiger partial charge >= 0.3 is 0 Å². The lowest BCUT2D eigenvalue weighted by Gasteiger charge is -2.29. The second kappa shape index (κ2) is 6.21. The molecule has 0 aliphatic carbocycles. The molecule has 4 atom stereocenters. The third-order valence-electron chi connectivity index (χ3n) is 6.13. The minimum Gasteiger partial charge on any atom is -0.369 e. The number of aryl methyl sites for hydroxylation is 1. The number of nitrogens with zero attached hydrogens (tertiary/aromatic N) is 2. The number of nitrogens with one attached hydrogen (secondary N) is 1. The minimum absolute atomic E-state index is 0.0960. The third kappa shape index (κ3) is 2.96. The van der Waals surface area contributed by atoms with Gasteiger partial charge in [0.05, 0.1) is 17.5 Å². The Bertz CT molecular complexity index is 754. The first-order valence-corrected chi connectivity index (χ1v) is 10.9. The molecular formula is C18H27N3O3S. The monoisotopic (exact) mass is 365 g/mol. The Hall–Kier alpha value is -1.18. The zero-order valence-corrected chi connectivity index (χ0v) is 15.8. The Morgan fingerprint density at radius 1 is 1.48 bits per heavy atom. The molecule has 3 aliphatic heterocycles. The van der Waals surface area contributed by atoms with E-state index in [1.165, 1.54) is 11.3 Å². The van der Waals surface area contributed by atoms with Crippen LogP contribution in [-0.2, 0) is 14.8 Å². The fraction of sp³-hybridized carbons (Fsp3) is 0.722. The predicted octanol–water partition coefficient (Wildman–Crippen LogP) is 1.70. The van der Waals surface area contributed by atoms with Crippen LogP contribution in [0.15, 0.2) is 18.5 Å². The van der Waals surface area contributed by atoms with Gasteiger partial charge in [-0.25, -0.2) is 13.1 Å². The summed E-state index contributed by atoms with van der Waals surface area (Å²) in [5, 5.41) is 0. The van der Waals surface area contributed by atoms with Gasteiger partial charge in [-0.3, -0.25) is 4.98 Å². The van der Waals surface area contributed by atoms with E-state index in [9.17, 15) is 8.42 Å². The van der Waals surface area contributed by atoms with Crippen LogP contribution in [0.25, 0.3) is 0 Å². The van der Waals surface area contributed by atoms with Gasteiger partial charge in [-0.2, -0.15) is 0 Å². The van der Waals surface area contributed by atoms with E-state index in [0.29, 0.717) is 18.9 Å². The van der Waals surface area contributed by atoms with Gasteiger partial charge in [-0.05, 0) is 37.8 Å². The normalized spacial score (nSPS) is 33.8. The molecule has 7 heteroatoms. The first-order valence-electron chi connectivity index (χ1n) is 9.25. The molecule has 3 fully saturated rings. The summed E-state index contributed by atoms with van der Waals surface area (Å²) in [7, 11) is -3.17. The molecule has 0 aromatic carbocycles. The summed E-state index contributed by atoms with van der Waals surface area (Å²) in [5.41, 5.74) is 2.30. The number of hydrogen-bond donors (Lipinski definition) is 1. The summed E-state index contributed by atoms with van der Waals surface area (Å²) >= 11 is 0. The first kappa shape index (κ1) is 17.2. The molecule has 1 N–H and O–H groups in total. The number of anilines is 1. The minimum atomic E-state index is -3.17. The highest BCUT2D eigenvalue weighted by Gasteiger charge is 2.63. The molecule has 0 unspecified atom stereocenters. The average molecular weight is 365 g/mol. The second-order valence-corrected chi connectivity index (χ2v) is 9.67. The van der Waals surface area contributed by atoms with E-state index in [4.69, 9.17) is 4.74 Å². The van der Waals surface area contributed by atoms with Crippen LogP contribution in [0.1, 0.15) is 31.7 Å². The van der Waals surface area contributed by atoms with E-state index >= 15 is 0 Å². The largest absolute Gasteiger partial charge is 0.369 e. The van der Waals surface area contributed by atoms with E-state index in [0.717, 1.165) is 25.9 Å². The molecule has 3 saturated heterocycles. The highest BCUT2D eigenvalue weighted by Crippen LogP contribution is 2.55. The standard InChI is InChI=1S/C18H27N3O3S/c1-3-8-25(22,23)20-10-14-15-11-21(16-5-7-19-9-13(16)2)12-18(15)6-4-17(14)24-18/h5,7,9,14-15,17,20H,3-4,6,8,10-12H2,1-2H3/t14-,15+,17+,18+/m0/s1. The molecule has 4 rings (SSSR count). The lowest BCUT2D eigenvalue weighted by molar-refractivity contribution is 0.0142. The molecule has 3 aliphatic rings. The maximum absolute atomic E-state index is 12.0. The fourth-order valence-electron chi connectivity index (χ4n) is 5.03.